The number of nitrogens with zero attached hydrogens (tertiary/aromatic N) is 2. The fraction of sp³-hybridized carbons (Fsp3) is 0.111. The number of halogens is 1. The number of carbonyl (C=O) groups excluding carboxylic acids is 1. The van der Waals surface area contributed by atoms with Gasteiger partial charge < -0.3 is 4.74 Å². The van der Waals surface area contributed by atoms with Crippen LogP contribution in [0.3, 0.4) is 0 Å². The molecule has 1 aliphatic rings. The van der Waals surface area contributed by atoms with Crippen LogP contribution in [0.1, 0.15) is 15.9 Å². The van der Waals surface area contributed by atoms with Gasteiger partial charge in [-0.05, 0) is 35.9 Å². The summed E-state index contributed by atoms with van der Waals surface area (Å²) in [5.74, 6) is 0.407. The number of thiazole rings is 1. The van der Waals surface area contributed by atoms with E-state index < -0.39 is 10.8 Å². The molecular formula is C18H12ClN3O4S. The summed E-state index contributed by atoms with van der Waals surface area (Å²) in [6.07, 6.45) is 0.867. The second-order valence-electron chi connectivity index (χ2n) is 5.84. The number of carbonyl (C=O) groups is 1. The SMILES string of the molecule is O=C(Nc1nc(-c2ccc3c(c2)CCO3)cs1)c1ccc(Cl)c([N+](=O)[O-])c1. The van der Waals surface area contributed by atoms with Crippen LogP contribution in [-0.2, 0) is 6.42 Å². The smallest absolute Gasteiger partial charge is 0.288 e. The minimum absolute atomic E-state index is 0.0197. The lowest BCUT2D eigenvalue weighted by atomic mass is 10.1. The molecule has 2 heterocycles. The van der Waals surface area contributed by atoms with Crippen LogP contribution < -0.4 is 10.1 Å². The van der Waals surface area contributed by atoms with E-state index in [-0.39, 0.29) is 16.3 Å². The molecule has 1 N–H and O–H groups in total. The molecule has 0 atom stereocenters. The molecule has 0 spiro atoms. The molecule has 0 saturated carbocycles. The number of ether oxygens (including phenoxy) is 1. The number of nitro benzene ring substituents is 1. The Morgan fingerprint density at radius 2 is 2.15 bits per heavy atom. The van der Waals surface area contributed by atoms with E-state index in [1.165, 1.54) is 23.5 Å². The molecule has 136 valence electrons. The molecule has 1 aliphatic heterocycles. The van der Waals surface area contributed by atoms with E-state index in [4.69, 9.17) is 16.3 Å². The van der Waals surface area contributed by atoms with Crippen molar-refractivity contribution in [3.8, 4) is 17.0 Å². The summed E-state index contributed by atoms with van der Waals surface area (Å²) in [6.45, 7) is 0.685. The molecule has 1 aromatic heterocycles. The quantitative estimate of drug-likeness (QED) is 0.510. The van der Waals surface area contributed by atoms with Gasteiger partial charge in [0.25, 0.3) is 11.6 Å². The molecule has 0 fully saturated rings. The van der Waals surface area contributed by atoms with E-state index in [0.29, 0.717) is 11.7 Å². The van der Waals surface area contributed by atoms with Crippen LogP contribution >= 0.6 is 22.9 Å². The van der Waals surface area contributed by atoms with Crippen LogP contribution in [0.15, 0.2) is 41.8 Å². The van der Waals surface area contributed by atoms with Crippen molar-refractivity contribution in [2.45, 2.75) is 6.42 Å². The van der Waals surface area contributed by atoms with Crippen molar-refractivity contribution < 1.29 is 14.5 Å². The van der Waals surface area contributed by atoms with Gasteiger partial charge in [-0.15, -0.1) is 11.3 Å². The topological polar surface area (TPSA) is 94.4 Å². The average Bonchev–Trinajstić information content (AvgIpc) is 3.30. The number of amides is 1. The number of nitrogens with one attached hydrogen (secondary N) is 1. The third kappa shape index (κ3) is 3.49. The summed E-state index contributed by atoms with van der Waals surface area (Å²) in [4.78, 5) is 27.1. The number of hydrogen-bond acceptors (Lipinski definition) is 6. The third-order valence-corrected chi connectivity index (χ3v) is 5.19. The molecule has 3 aromatic rings. The molecule has 0 unspecified atom stereocenters. The molecule has 9 heteroatoms. The van der Waals surface area contributed by atoms with Gasteiger partial charge in [0.2, 0.25) is 0 Å². The second kappa shape index (κ2) is 6.98. The zero-order chi connectivity index (χ0) is 19.0. The van der Waals surface area contributed by atoms with Crippen LogP contribution in [0.25, 0.3) is 11.3 Å². The Morgan fingerprint density at radius 3 is 2.96 bits per heavy atom. The molecule has 0 bridgehead atoms. The van der Waals surface area contributed by atoms with Crippen molar-refractivity contribution in [3.05, 3.63) is 68.0 Å². The lowest BCUT2D eigenvalue weighted by Crippen LogP contribution is -2.12. The highest BCUT2D eigenvalue weighted by molar-refractivity contribution is 7.14. The summed E-state index contributed by atoms with van der Waals surface area (Å²) in [7, 11) is 0. The predicted molar refractivity (Wildman–Crippen MR) is 103 cm³/mol. The molecule has 0 saturated heterocycles. The minimum atomic E-state index is -0.627. The van der Waals surface area contributed by atoms with Crippen LogP contribution in [0.5, 0.6) is 5.75 Å². The number of hydrogen-bond donors (Lipinski definition) is 1. The maximum absolute atomic E-state index is 12.4. The summed E-state index contributed by atoms with van der Waals surface area (Å²) in [5.41, 5.74) is 2.65. The maximum Gasteiger partial charge on any atom is 0.288 e. The predicted octanol–water partition coefficient (Wildman–Crippen LogP) is 4.56. The van der Waals surface area contributed by atoms with Crippen LogP contribution in [0, 0.1) is 10.1 Å². The normalized spacial score (nSPS) is 12.3. The molecule has 7 nitrogen and oxygen atoms in total. The van der Waals surface area contributed by atoms with Crippen molar-refractivity contribution in [2.24, 2.45) is 0 Å². The van der Waals surface area contributed by atoms with Gasteiger partial charge in [-0.2, -0.15) is 0 Å². The van der Waals surface area contributed by atoms with Crippen molar-refractivity contribution in [1.82, 2.24) is 4.98 Å². The van der Waals surface area contributed by atoms with E-state index in [1.54, 1.807) is 0 Å². The summed E-state index contributed by atoms with van der Waals surface area (Å²) in [6, 6.07) is 9.78. The van der Waals surface area contributed by atoms with Crippen molar-refractivity contribution >= 4 is 39.7 Å². The molecule has 27 heavy (non-hydrogen) atoms. The summed E-state index contributed by atoms with van der Waals surface area (Å²) >= 11 is 7.05. The third-order valence-electron chi connectivity index (χ3n) is 4.11. The number of nitro groups is 1. The number of benzene rings is 2. The lowest BCUT2D eigenvalue weighted by molar-refractivity contribution is -0.384. The molecule has 0 radical (unpaired) electrons. The Balaban J connectivity index is 1.53. The van der Waals surface area contributed by atoms with E-state index in [2.05, 4.69) is 10.3 Å². The second-order valence-corrected chi connectivity index (χ2v) is 7.10. The van der Waals surface area contributed by atoms with E-state index in [0.717, 1.165) is 35.1 Å². The highest BCUT2D eigenvalue weighted by Crippen LogP contribution is 2.32. The van der Waals surface area contributed by atoms with Gasteiger partial charge in [0.05, 0.1) is 17.2 Å². The number of anilines is 1. The Kier molecular flexibility index (Phi) is 4.51. The van der Waals surface area contributed by atoms with E-state index in [1.807, 2.05) is 23.6 Å². The average molecular weight is 402 g/mol. The fourth-order valence-corrected chi connectivity index (χ4v) is 3.67. The van der Waals surface area contributed by atoms with Crippen molar-refractivity contribution in [2.75, 3.05) is 11.9 Å². The standard InChI is InChI=1S/C18H12ClN3O4S/c19-13-3-1-12(8-15(13)22(24)25)17(23)21-18-20-14(9-27-18)10-2-4-16-11(7-10)5-6-26-16/h1-4,7-9H,5-6H2,(H,20,21,23). The Morgan fingerprint density at radius 1 is 1.30 bits per heavy atom. The van der Waals surface area contributed by atoms with Crippen molar-refractivity contribution in [3.63, 3.8) is 0 Å². The van der Waals surface area contributed by atoms with E-state index >= 15 is 0 Å². The first-order valence-electron chi connectivity index (χ1n) is 7.98. The van der Waals surface area contributed by atoms with E-state index in [9.17, 15) is 14.9 Å². The number of fused-ring (bicyclic) bond motifs is 1. The van der Waals surface area contributed by atoms with Crippen molar-refractivity contribution in [1.29, 1.82) is 0 Å². The van der Waals surface area contributed by atoms with Crippen LogP contribution in [0.4, 0.5) is 10.8 Å². The van der Waals surface area contributed by atoms with Gasteiger partial charge in [0.1, 0.15) is 10.8 Å². The minimum Gasteiger partial charge on any atom is -0.493 e. The maximum atomic E-state index is 12.4. The summed E-state index contributed by atoms with van der Waals surface area (Å²) < 4.78 is 5.50. The zero-order valence-electron chi connectivity index (χ0n) is 13.8. The number of aromatic nitrogens is 1. The molecule has 4 rings (SSSR count). The van der Waals surface area contributed by atoms with Gasteiger partial charge in [-0.3, -0.25) is 20.2 Å². The molecular weight excluding hydrogens is 390 g/mol. The Hall–Kier alpha value is -2.97. The summed E-state index contributed by atoms with van der Waals surface area (Å²) in [5, 5.41) is 15.9. The van der Waals surface area contributed by atoms with Gasteiger partial charge >= 0.3 is 0 Å². The first-order valence-corrected chi connectivity index (χ1v) is 9.24. The van der Waals surface area contributed by atoms with Gasteiger partial charge in [0.15, 0.2) is 5.13 Å². The highest BCUT2D eigenvalue weighted by Gasteiger charge is 2.18. The largest absolute Gasteiger partial charge is 0.493 e. The van der Waals surface area contributed by atoms with Crippen LogP contribution in [-0.4, -0.2) is 22.4 Å². The van der Waals surface area contributed by atoms with Gasteiger partial charge in [-0.25, -0.2) is 4.98 Å². The molecule has 2 aromatic carbocycles. The molecule has 0 aliphatic carbocycles. The Labute approximate surface area is 162 Å². The zero-order valence-corrected chi connectivity index (χ0v) is 15.3. The number of rotatable bonds is 4. The van der Waals surface area contributed by atoms with Gasteiger partial charge in [-0.1, -0.05) is 11.6 Å². The molecule has 1 amide bonds. The Bertz CT molecular complexity index is 1070. The first-order chi connectivity index (χ1) is 13.0. The van der Waals surface area contributed by atoms with Gasteiger partial charge in [0, 0.05) is 29.0 Å². The highest BCUT2D eigenvalue weighted by atomic mass is 35.5. The first kappa shape index (κ1) is 17.4. The fourth-order valence-electron chi connectivity index (χ4n) is 2.77. The lowest BCUT2D eigenvalue weighted by Gasteiger charge is -2.03. The van der Waals surface area contributed by atoms with Crippen LogP contribution in [0.2, 0.25) is 5.02 Å². The monoisotopic (exact) mass is 401 g/mol.